The van der Waals surface area contributed by atoms with Crippen molar-refractivity contribution in [3.05, 3.63) is 407 Å². The summed E-state index contributed by atoms with van der Waals surface area (Å²) in [6.07, 6.45) is 28.1. The molecule has 10 aromatic heterocycles. The predicted molar refractivity (Wildman–Crippen MR) is 604 cm³/mol. The standard InChI is InChI=1S/C21H17N3O2S2.C17H17N5.C17H15N3S.C15H14N2O2S2.C14H14N8.C14H13N3.C13H11N3.CH4/c1-14-3-5-15(6-4-14)18-12-27-20(22-18)11-21-23(2)19(13-28-21)16-7-9-17(10-8-16)24(25)26;1-20-13-9-5-4-8-12(13)18-16(20)19-17-21(2)14-10-6-7-11-15(14)22(17)3;1-19-13-8-4-3-7-12(13)18-16(19)11-17-20(2)14-9-5-6-10-15(14)21-17;1-3-19-15(18)10-9-20-13(16-10)8-14-17(2)11-6-4-5-7-12(11)21-14;1-20-9-5-15-7-17-13(9)19-11(20)4-12-21(2)10-6-16-8-18-14(10)22(12)3;1-17-13-8-3-2-7-12(13)16-14(17)10-11-6-4-5-9-15-11;1-16-9-5-3-7-13(16)11(10-14)12-6-2-4-8-15-12;/h3-13H,1-2H3;4-11H,1-3H3;3-11H,1-2H3;4-9H,3H2,1-2H3;4-8H,1-3H3;2-10,16H,1H3;2-9H,1H3;1H4/b21-11+;;17-11+;14-8+;12-4-;14-10-;13-11-;. The number of esters is 1. The third-order valence-electron chi connectivity index (χ3n) is 24.6. The number of imidazole rings is 4. The molecule has 8 aromatic carbocycles. The average molecular weight is 2050 g/mol. The maximum atomic E-state index is 11.6. The number of nitro groups is 1. The number of fused-ring (bicyclic) bond motifs is 8. The smallest absolute Gasteiger partial charge is 0.357 e. The molecule has 0 bridgehead atoms. The second kappa shape index (κ2) is 46.1. The number of aryl methyl sites for hydroxylation is 6. The largest absolute Gasteiger partial charge is 0.461 e. The highest BCUT2D eigenvalue weighted by molar-refractivity contribution is 8.06. The van der Waals surface area contributed by atoms with E-state index in [0.29, 0.717) is 35.2 Å². The van der Waals surface area contributed by atoms with Crippen molar-refractivity contribution in [2.24, 2.45) is 40.2 Å². The van der Waals surface area contributed by atoms with Crippen molar-refractivity contribution in [1.82, 2.24) is 87.5 Å². The van der Waals surface area contributed by atoms with Crippen LogP contribution in [0.25, 0.3) is 97.2 Å². The van der Waals surface area contributed by atoms with Crippen LogP contribution in [-0.2, 0) is 40.0 Å². The molecule has 0 saturated heterocycles. The van der Waals surface area contributed by atoms with Crippen molar-refractivity contribution in [2.45, 2.75) is 31.1 Å². The van der Waals surface area contributed by atoms with Crippen LogP contribution in [-0.4, -0.2) is 154 Å². The van der Waals surface area contributed by atoms with E-state index < -0.39 is 0 Å². The Bertz CT molecular complexity index is 8320. The van der Waals surface area contributed by atoms with Gasteiger partial charge in [0.2, 0.25) is 11.6 Å². The van der Waals surface area contributed by atoms with Gasteiger partial charge < -0.3 is 67.2 Å². The number of likely N-dealkylation sites (N-methyl/N-ethyl adjacent to an activating group) is 1. The average Bonchev–Trinajstić information content (AvgIpc) is 1.62. The summed E-state index contributed by atoms with van der Waals surface area (Å²) >= 11 is 8.18. The number of allylic oxidation sites excluding steroid dienone is 4. The molecule has 0 amide bonds. The Labute approximate surface area is 877 Å². The van der Waals surface area contributed by atoms with Gasteiger partial charge in [0.15, 0.2) is 17.2 Å². The Morgan fingerprint density at radius 1 is 0.507 bits per heavy atom. The minimum atomic E-state index is -0.384. The third-order valence-corrected chi connectivity index (χ3v) is 29.5. The lowest BCUT2D eigenvalue weighted by Crippen LogP contribution is -2.22. The van der Waals surface area contributed by atoms with Crippen molar-refractivity contribution >= 4 is 196 Å². The fourth-order valence-electron chi connectivity index (χ4n) is 16.6. The summed E-state index contributed by atoms with van der Waals surface area (Å²) in [5.41, 5.74) is 23.6. The van der Waals surface area contributed by atoms with Crippen LogP contribution in [0.15, 0.2) is 356 Å². The lowest BCUT2D eigenvalue weighted by molar-refractivity contribution is -0.384. The number of benzene rings is 8. The highest BCUT2D eigenvalue weighted by Crippen LogP contribution is 2.48. The van der Waals surface area contributed by atoms with Crippen molar-refractivity contribution in [2.75, 3.05) is 85.8 Å². The normalized spacial score (nSPS) is 15.0. The summed E-state index contributed by atoms with van der Waals surface area (Å²) < 4.78 is 15.3. The number of aromatic nitrogens is 16. The Balaban J connectivity index is 0.000000118. The second-order valence-electron chi connectivity index (χ2n) is 33.9. The van der Waals surface area contributed by atoms with Crippen molar-refractivity contribution in [3.63, 3.8) is 0 Å². The predicted octanol–water partition coefficient (Wildman–Crippen LogP) is 23.6. The SMILES string of the molecule is C.CCOC(=O)c1csc(/C=C2/Sc3ccccc3N2C)n1.CN1/C(=C/c2nc3ncncc3n2C)N(C)c2ncncc21.CN1/C(=C\c2ccccn2)Nc2ccccc21.CN1/C(=C\c2nc3ccccc3n2C)Sc2ccccc21.CN1C=CC=C/C1=C(\C#N)c1ccccn1.Cc1ccc(-c2csc(/C=C3/SC=C(c4ccc([N+](=O)[O-])cc4)N3C)n2)cc1.Cn1c(N=c2n(C)c3ccccc3n2C)nc2ccccc21. The van der Waals surface area contributed by atoms with Crippen LogP contribution >= 0.6 is 58.0 Å². The molecular formula is C112H105N27O4S5. The first kappa shape index (κ1) is 102. The summed E-state index contributed by atoms with van der Waals surface area (Å²) in [5.74, 6) is 5.04. The first-order valence-corrected chi connectivity index (χ1v) is 50.8. The highest BCUT2D eigenvalue weighted by Gasteiger charge is 2.31. The van der Waals surface area contributed by atoms with Gasteiger partial charge in [0.1, 0.15) is 68.8 Å². The first-order valence-electron chi connectivity index (χ1n) is 46.6. The van der Waals surface area contributed by atoms with Crippen LogP contribution in [0.1, 0.15) is 69.0 Å². The Morgan fingerprint density at radius 3 is 1.71 bits per heavy atom. The molecule has 6 aliphatic heterocycles. The lowest BCUT2D eigenvalue weighted by atomic mass is 10.1. The zero-order chi connectivity index (χ0) is 102. The van der Waals surface area contributed by atoms with Crippen LogP contribution in [0, 0.1) is 28.4 Å². The molecule has 0 radical (unpaired) electrons. The Kier molecular flexibility index (Phi) is 31.8. The van der Waals surface area contributed by atoms with Crippen molar-refractivity contribution < 1.29 is 14.5 Å². The quantitative estimate of drug-likeness (QED) is 0.0514. The first-order chi connectivity index (χ1) is 71.4. The molecule has 148 heavy (non-hydrogen) atoms. The van der Waals surface area contributed by atoms with E-state index in [0.717, 1.165) is 139 Å². The molecule has 0 aliphatic carbocycles. The molecule has 0 atom stereocenters. The molecule has 18 aromatic rings. The van der Waals surface area contributed by atoms with E-state index in [9.17, 15) is 20.2 Å². The molecule has 24 rings (SSSR count). The van der Waals surface area contributed by atoms with Gasteiger partial charge in [-0.2, -0.15) is 10.3 Å². The Hall–Kier alpha value is -17.4. The molecule has 0 spiro atoms. The molecule has 1 N–H and O–H groups in total. The number of thioether (sulfide) groups is 3. The molecule has 6 aliphatic rings. The number of non-ortho nitro benzene ring substituents is 1. The van der Waals surface area contributed by atoms with Crippen LogP contribution in [0.4, 0.5) is 45.9 Å². The number of nitrogens with one attached hydrogen (secondary N) is 1. The number of hydrogen-bond donors (Lipinski definition) is 1. The van der Waals surface area contributed by atoms with E-state index in [1.807, 2.05) is 240 Å². The van der Waals surface area contributed by atoms with Crippen LogP contribution < -0.4 is 35.4 Å². The molecule has 0 fully saturated rings. The van der Waals surface area contributed by atoms with Gasteiger partial charge in [-0.3, -0.25) is 20.1 Å². The van der Waals surface area contributed by atoms with Crippen LogP contribution in [0.5, 0.6) is 0 Å². The van der Waals surface area contributed by atoms with Gasteiger partial charge in [0.05, 0.1) is 123 Å². The molecule has 31 nitrogen and oxygen atoms in total. The van der Waals surface area contributed by atoms with Gasteiger partial charge >= 0.3 is 5.97 Å². The summed E-state index contributed by atoms with van der Waals surface area (Å²) in [5, 5.41) is 34.4. The topological polar surface area (TPSA) is 307 Å². The number of ether oxygens (including phenoxy) is 1. The second-order valence-corrected chi connectivity index (χ2v) is 38.7. The molecule has 16 heterocycles. The third kappa shape index (κ3) is 22.4. The van der Waals surface area contributed by atoms with Crippen molar-refractivity contribution in [1.29, 1.82) is 5.26 Å². The number of pyridine rings is 2. The number of thiazole rings is 2. The molecule has 36 heteroatoms. The number of anilines is 6. The van der Waals surface area contributed by atoms with E-state index in [4.69, 9.17) is 19.7 Å². The number of carbonyl (C=O) groups is 1. The van der Waals surface area contributed by atoms with Crippen LogP contribution in [0.3, 0.4) is 0 Å². The minimum absolute atomic E-state index is 0. The van der Waals surface area contributed by atoms with Gasteiger partial charge in [-0.1, -0.05) is 164 Å². The maximum absolute atomic E-state index is 11.6. The Morgan fingerprint density at radius 2 is 1.09 bits per heavy atom. The number of carbonyl (C=O) groups excluding carboxylic acids is 1. The fraction of sp³-hybridized carbons (Fsp3) is 0.143. The van der Waals surface area contributed by atoms with E-state index in [-0.39, 0.29) is 24.0 Å². The fourth-order valence-corrected chi connectivity index (χ4v) is 21.3. The van der Waals surface area contributed by atoms with E-state index >= 15 is 0 Å². The minimum Gasteiger partial charge on any atom is -0.461 e. The number of nitrogens with zero attached hydrogens (tertiary/aromatic N) is 26. The summed E-state index contributed by atoms with van der Waals surface area (Å²) in [6, 6.07) is 78.2. The van der Waals surface area contributed by atoms with Gasteiger partial charge in [-0.15, -0.1) is 22.7 Å². The lowest BCUT2D eigenvalue weighted by Gasteiger charge is -2.19. The van der Waals surface area contributed by atoms with Gasteiger partial charge in [-0.05, 0) is 141 Å². The summed E-state index contributed by atoms with van der Waals surface area (Å²) in [7, 11) is 24.1. The number of nitro benzene ring substituents is 1. The molecule has 0 saturated carbocycles. The number of para-hydroxylation sites is 10. The zero-order valence-electron chi connectivity index (χ0n) is 82.8. The van der Waals surface area contributed by atoms with Gasteiger partial charge in [-0.25, -0.2) is 49.7 Å². The number of nitriles is 1. The summed E-state index contributed by atoms with van der Waals surface area (Å²) in [4.78, 5) is 92.0. The van der Waals surface area contributed by atoms with E-state index in [1.54, 1.807) is 102 Å². The number of hydrogen-bond acceptors (Lipinski definition) is 30. The number of rotatable bonds is 12. The van der Waals surface area contributed by atoms with Crippen molar-refractivity contribution in [3.8, 4) is 17.3 Å². The van der Waals surface area contributed by atoms with Gasteiger partial charge in [0, 0.05) is 177 Å². The summed E-state index contributed by atoms with van der Waals surface area (Å²) in [6.45, 7) is 4.22. The zero-order valence-corrected chi connectivity index (χ0v) is 86.9. The van der Waals surface area contributed by atoms with Crippen LogP contribution in [0.2, 0.25) is 0 Å². The molecular weight excluding hydrogens is 1950 g/mol. The maximum Gasteiger partial charge on any atom is 0.357 e. The molecule has 0 unspecified atom stereocenters. The van der Waals surface area contributed by atoms with E-state index in [2.05, 4.69) is 237 Å². The van der Waals surface area contributed by atoms with Gasteiger partial charge in [0.25, 0.3) is 5.69 Å². The molecule has 742 valence electrons. The highest BCUT2D eigenvalue weighted by atomic mass is 32.2. The monoisotopic (exact) mass is 2050 g/mol. The van der Waals surface area contributed by atoms with E-state index in [1.165, 1.54) is 67.2 Å².